The predicted molar refractivity (Wildman–Crippen MR) is 99.6 cm³/mol. The minimum Gasteiger partial charge on any atom is -0.306 e. The lowest BCUT2D eigenvalue weighted by molar-refractivity contribution is 0.240. The summed E-state index contributed by atoms with van der Waals surface area (Å²) in [5.41, 5.74) is 6.16. The van der Waals surface area contributed by atoms with Gasteiger partial charge in [-0.15, -0.1) is 0 Å². The number of aromatic amines is 1. The van der Waals surface area contributed by atoms with Crippen LogP contribution < -0.4 is 5.56 Å². The zero-order valence-corrected chi connectivity index (χ0v) is 15.0. The van der Waals surface area contributed by atoms with Gasteiger partial charge < -0.3 is 4.98 Å². The normalized spacial score (nSPS) is 14.2. The van der Waals surface area contributed by atoms with E-state index in [1.165, 1.54) is 23.0 Å². The summed E-state index contributed by atoms with van der Waals surface area (Å²) >= 11 is 0. The molecule has 1 aliphatic rings. The van der Waals surface area contributed by atoms with E-state index in [0.717, 1.165) is 29.9 Å². The van der Waals surface area contributed by atoms with Gasteiger partial charge in [0, 0.05) is 37.6 Å². The van der Waals surface area contributed by atoms with Crippen LogP contribution in [0.15, 0.2) is 41.7 Å². The molecule has 0 unspecified atom stereocenters. The van der Waals surface area contributed by atoms with Crippen LogP contribution in [0.25, 0.3) is 11.4 Å². The van der Waals surface area contributed by atoms with E-state index < -0.39 is 0 Å². The molecule has 0 saturated heterocycles. The van der Waals surface area contributed by atoms with Crippen LogP contribution in [-0.2, 0) is 19.5 Å². The Labute approximate surface area is 152 Å². The molecule has 0 amide bonds. The predicted octanol–water partition coefficient (Wildman–Crippen LogP) is 2.40. The van der Waals surface area contributed by atoms with Crippen LogP contribution >= 0.6 is 0 Å². The number of rotatable bonds is 3. The number of H-pyrrole nitrogens is 1. The molecule has 1 aromatic carbocycles. The molecule has 1 N–H and O–H groups in total. The van der Waals surface area contributed by atoms with Gasteiger partial charge in [-0.3, -0.25) is 9.69 Å². The van der Waals surface area contributed by atoms with Crippen molar-refractivity contribution >= 4 is 0 Å². The number of hydrogen-bond acceptors (Lipinski definition) is 5. The van der Waals surface area contributed by atoms with Crippen LogP contribution in [0.4, 0.5) is 0 Å². The molecular formula is C20H21N5O. The van der Waals surface area contributed by atoms with E-state index in [1.807, 2.05) is 0 Å². The van der Waals surface area contributed by atoms with Gasteiger partial charge in [-0.2, -0.15) is 0 Å². The highest BCUT2D eigenvalue weighted by Gasteiger charge is 2.21. The van der Waals surface area contributed by atoms with Crippen LogP contribution in [0.5, 0.6) is 0 Å². The summed E-state index contributed by atoms with van der Waals surface area (Å²) < 4.78 is 0. The first-order valence-electron chi connectivity index (χ1n) is 8.75. The van der Waals surface area contributed by atoms with Crippen molar-refractivity contribution in [2.75, 3.05) is 6.54 Å². The average Bonchev–Trinajstić information content (AvgIpc) is 2.61. The molecule has 0 atom stereocenters. The van der Waals surface area contributed by atoms with Crippen molar-refractivity contribution in [3.05, 3.63) is 75.2 Å². The second-order valence-electron chi connectivity index (χ2n) is 6.92. The lowest BCUT2D eigenvalue weighted by Crippen LogP contribution is -2.35. The van der Waals surface area contributed by atoms with Gasteiger partial charge in [-0.25, -0.2) is 15.0 Å². The molecule has 1 aliphatic heterocycles. The molecule has 3 heterocycles. The minimum absolute atomic E-state index is 0.0556. The van der Waals surface area contributed by atoms with Gasteiger partial charge in [0.25, 0.3) is 5.56 Å². The Kier molecular flexibility index (Phi) is 4.34. The number of aromatic nitrogens is 4. The maximum Gasteiger partial charge on any atom is 0.254 e. The van der Waals surface area contributed by atoms with Crippen molar-refractivity contribution in [1.29, 1.82) is 0 Å². The summed E-state index contributed by atoms with van der Waals surface area (Å²) in [6.45, 7) is 6.64. The number of aryl methyl sites for hydroxylation is 2. The second-order valence-corrected chi connectivity index (χ2v) is 6.92. The molecule has 0 bridgehead atoms. The summed E-state index contributed by atoms with van der Waals surface area (Å²) in [7, 11) is 0. The number of hydrogen-bond donors (Lipinski definition) is 1. The Balaban J connectivity index is 1.61. The second kappa shape index (κ2) is 6.80. The fourth-order valence-corrected chi connectivity index (χ4v) is 3.61. The van der Waals surface area contributed by atoms with E-state index in [4.69, 9.17) is 4.98 Å². The Bertz CT molecular complexity index is 977. The smallest absolute Gasteiger partial charge is 0.254 e. The van der Waals surface area contributed by atoms with Crippen LogP contribution in [0, 0.1) is 13.8 Å². The molecule has 6 nitrogen and oxygen atoms in total. The number of benzene rings is 1. The van der Waals surface area contributed by atoms with Crippen molar-refractivity contribution in [3.8, 4) is 11.4 Å². The summed E-state index contributed by atoms with van der Waals surface area (Å²) in [5.74, 6) is 0.530. The summed E-state index contributed by atoms with van der Waals surface area (Å²) in [4.78, 5) is 30.4. The molecule has 0 fully saturated rings. The minimum atomic E-state index is -0.0556. The monoisotopic (exact) mass is 347 g/mol. The van der Waals surface area contributed by atoms with Crippen LogP contribution in [0.2, 0.25) is 0 Å². The maximum absolute atomic E-state index is 12.5. The zero-order chi connectivity index (χ0) is 18.1. The third kappa shape index (κ3) is 3.41. The van der Waals surface area contributed by atoms with Gasteiger partial charge in [-0.1, -0.05) is 29.3 Å². The maximum atomic E-state index is 12.5. The van der Waals surface area contributed by atoms with Gasteiger partial charge in [0.05, 0.1) is 11.3 Å². The molecule has 3 aromatic rings. The van der Waals surface area contributed by atoms with E-state index in [1.54, 1.807) is 12.4 Å². The molecule has 2 aromatic heterocycles. The van der Waals surface area contributed by atoms with Crippen LogP contribution in [0.3, 0.4) is 0 Å². The summed E-state index contributed by atoms with van der Waals surface area (Å²) in [6, 6.07) is 6.63. The Morgan fingerprint density at radius 2 is 1.85 bits per heavy atom. The van der Waals surface area contributed by atoms with Gasteiger partial charge in [0.2, 0.25) is 0 Å². The highest BCUT2D eigenvalue weighted by Crippen LogP contribution is 2.20. The zero-order valence-electron chi connectivity index (χ0n) is 15.0. The third-order valence-electron chi connectivity index (χ3n) is 4.67. The number of nitrogens with zero attached hydrogens (tertiary/aromatic N) is 4. The van der Waals surface area contributed by atoms with Crippen molar-refractivity contribution in [1.82, 2.24) is 24.8 Å². The van der Waals surface area contributed by atoms with Gasteiger partial charge in [0.15, 0.2) is 0 Å². The van der Waals surface area contributed by atoms with Gasteiger partial charge in [-0.05, 0) is 25.8 Å². The molecule has 0 spiro atoms. The molecule has 0 radical (unpaired) electrons. The van der Waals surface area contributed by atoms with Crippen molar-refractivity contribution < 1.29 is 0 Å². The molecule has 0 saturated carbocycles. The van der Waals surface area contributed by atoms with Crippen molar-refractivity contribution in [2.45, 2.75) is 33.4 Å². The molecule has 4 rings (SSSR count). The van der Waals surface area contributed by atoms with Gasteiger partial charge in [0.1, 0.15) is 12.2 Å². The first-order valence-corrected chi connectivity index (χ1v) is 8.75. The van der Waals surface area contributed by atoms with Crippen LogP contribution in [-0.4, -0.2) is 31.4 Å². The molecule has 0 aliphatic carbocycles. The lowest BCUT2D eigenvalue weighted by Gasteiger charge is -2.28. The Morgan fingerprint density at radius 3 is 2.58 bits per heavy atom. The molecule has 132 valence electrons. The molecule has 6 heteroatoms. The quantitative estimate of drug-likeness (QED) is 0.787. The third-order valence-corrected chi connectivity index (χ3v) is 4.67. The van der Waals surface area contributed by atoms with E-state index in [2.05, 4.69) is 51.9 Å². The first-order chi connectivity index (χ1) is 12.6. The molecular weight excluding hydrogens is 326 g/mol. The Hall–Kier alpha value is -2.86. The fourth-order valence-electron chi connectivity index (χ4n) is 3.61. The van der Waals surface area contributed by atoms with Crippen LogP contribution in [0.1, 0.15) is 27.9 Å². The molecule has 26 heavy (non-hydrogen) atoms. The topological polar surface area (TPSA) is 74.8 Å². The van der Waals surface area contributed by atoms with E-state index >= 15 is 0 Å². The SMILES string of the molecule is Cc1cc(C)cc(CN2CCc3c(nc(-c4cncnc4)[nH]c3=O)C2)c1. The Morgan fingerprint density at radius 1 is 1.12 bits per heavy atom. The van der Waals surface area contributed by atoms with E-state index in [0.29, 0.717) is 18.8 Å². The largest absolute Gasteiger partial charge is 0.306 e. The highest BCUT2D eigenvalue weighted by molar-refractivity contribution is 5.52. The highest BCUT2D eigenvalue weighted by atomic mass is 16.1. The number of nitrogens with one attached hydrogen (secondary N) is 1. The van der Waals surface area contributed by atoms with Crippen molar-refractivity contribution in [2.24, 2.45) is 0 Å². The lowest BCUT2D eigenvalue weighted by atomic mass is 10.0. The fraction of sp³-hybridized carbons (Fsp3) is 0.300. The summed E-state index contributed by atoms with van der Waals surface area (Å²) in [6.07, 6.45) is 5.50. The van der Waals surface area contributed by atoms with E-state index in [9.17, 15) is 4.79 Å². The van der Waals surface area contributed by atoms with E-state index in [-0.39, 0.29) is 5.56 Å². The average molecular weight is 347 g/mol. The van der Waals surface area contributed by atoms with Gasteiger partial charge >= 0.3 is 0 Å². The summed E-state index contributed by atoms with van der Waals surface area (Å²) in [5, 5.41) is 0. The standard InChI is InChI=1S/C20H21N5O/c1-13-5-14(2)7-15(6-13)10-25-4-3-17-18(11-25)23-19(24-20(17)26)16-8-21-12-22-9-16/h5-9,12H,3-4,10-11H2,1-2H3,(H,23,24,26). The number of fused-ring (bicyclic) bond motifs is 1. The van der Waals surface area contributed by atoms with Crippen molar-refractivity contribution in [3.63, 3.8) is 0 Å². The first kappa shape index (κ1) is 16.6.